The molecule has 0 radical (unpaired) electrons. The van der Waals surface area contributed by atoms with E-state index in [9.17, 15) is 0 Å². The Bertz CT molecular complexity index is 392. The highest BCUT2D eigenvalue weighted by Gasteiger charge is 2.14. The number of benzene rings is 1. The van der Waals surface area contributed by atoms with Gasteiger partial charge in [-0.2, -0.15) is 0 Å². The van der Waals surface area contributed by atoms with E-state index in [2.05, 4.69) is 49.2 Å². The summed E-state index contributed by atoms with van der Waals surface area (Å²) in [6.45, 7) is 5.66. The second kappa shape index (κ2) is 5.90. The molecule has 1 aliphatic heterocycles. The molecule has 0 amide bonds. The minimum absolute atomic E-state index is 1.11. The molecule has 0 atom stereocenters. The van der Waals surface area contributed by atoms with Gasteiger partial charge in [-0.1, -0.05) is 50.0 Å². The topological polar surface area (TPSA) is 3.24 Å². The van der Waals surface area contributed by atoms with Crippen molar-refractivity contribution in [3.8, 4) is 0 Å². The second-order valence-electron chi connectivity index (χ2n) is 5.03. The molecule has 1 aromatic rings. The van der Waals surface area contributed by atoms with E-state index in [-0.39, 0.29) is 0 Å². The van der Waals surface area contributed by atoms with Crippen LogP contribution in [0.2, 0.25) is 0 Å². The summed E-state index contributed by atoms with van der Waals surface area (Å²) >= 11 is 0. The van der Waals surface area contributed by atoms with E-state index in [4.69, 9.17) is 0 Å². The zero-order valence-electron chi connectivity index (χ0n) is 11.1. The maximum Gasteiger partial charge on any atom is 0.0441 e. The van der Waals surface area contributed by atoms with Crippen LogP contribution in [0, 0.1) is 0 Å². The first kappa shape index (κ1) is 12.2. The van der Waals surface area contributed by atoms with E-state index in [0.717, 1.165) is 13.0 Å². The van der Waals surface area contributed by atoms with E-state index in [1.54, 1.807) is 0 Å². The van der Waals surface area contributed by atoms with Gasteiger partial charge in [0.25, 0.3) is 0 Å². The van der Waals surface area contributed by atoms with Gasteiger partial charge in [-0.05, 0) is 31.4 Å². The first-order valence-corrected chi connectivity index (χ1v) is 6.83. The fourth-order valence-corrected chi connectivity index (χ4v) is 2.52. The lowest BCUT2D eigenvalue weighted by molar-refractivity contribution is 0.664. The number of nitrogens with zero attached hydrogens (tertiary/aromatic N) is 1. The van der Waals surface area contributed by atoms with Crippen LogP contribution in [0.1, 0.15) is 45.1 Å². The molecule has 0 saturated carbocycles. The van der Waals surface area contributed by atoms with E-state index in [1.165, 1.54) is 42.5 Å². The Morgan fingerprint density at radius 2 is 1.94 bits per heavy atom. The number of fused-ring (bicyclic) bond motifs is 1. The molecule has 1 aromatic carbocycles. The van der Waals surface area contributed by atoms with Gasteiger partial charge in [-0.3, -0.25) is 0 Å². The summed E-state index contributed by atoms with van der Waals surface area (Å²) in [5.41, 5.74) is 4.36. The molecular weight excluding hydrogens is 206 g/mol. The molecule has 0 spiro atoms. The number of unbranched alkanes of at least 4 members (excludes halogenated alkanes) is 3. The lowest BCUT2D eigenvalue weighted by Gasteiger charge is -2.28. The van der Waals surface area contributed by atoms with Crippen molar-refractivity contribution in [2.45, 2.75) is 46.0 Å². The van der Waals surface area contributed by atoms with E-state index in [0.29, 0.717) is 0 Å². The molecule has 0 saturated heterocycles. The molecular formula is C16H23N. The van der Waals surface area contributed by atoms with Gasteiger partial charge in [0, 0.05) is 18.4 Å². The Labute approximate surface area is 105 Å². The highest BCUT2D eigenvalue weighted by atomic mass is 15.1. The maximum atomic E-state index is 2.43. The number of anilines is 1. The van der Waals surface area contributed by atoms with Gasteiger partial charge in [0.15, 0.2) is 0 Å². The zero-order valence-corrected chi connectivity index (χ0v) is 11.1. The van der Waals surface area contributed by atoms with Crippen molar-refractivity contribution in [1.29, 1.82) is 0 Å². The monoisotopic (exact) mass is 229 g/mol. The largest absolute Gasteiger partial charge is 0.348 e. The van der Waals surface area contributed by atoms with Gasteiger partial charge in [0.05, 0.1) is 0 Å². The third kappa shape index (κ3) is 3.12. The van der Waals surface area contributed by atoms with Gasteiger partial charge in [-0.15, -0.1) is 0 Å². The molecule has 2 rings (SSSR count). The lowest BCUT2D eigenvalue weighted by atomic mass is 10.0. The minimum atomic E-state index is 1.11. The second-order valence-corrected chi connectivity index (χ2v) is 5.03. The summed E-state index contributed by atoms with van der Waals surface area (Å²) in [5.74, 6) is 0. The molecule has 1 heterocycles. The highest BCUT2D eigenvalue weighted by molar-refractivity contribution is 5.59. The molecule has 0 unspecified atom stereocenters. The molecule has 1 heteroatoms. The van der Waals surface area contributed by atoms with Crippen molar-refractivity contribution in [3.63, 3.8) is 0 Å². The fourth-order valence-electron chi connectivity index (χ4n) is 2.52. The number of rotatable bonds is 5. The first-order chi connectivity index (χ1) is 8.31. The predicted octanol–water partition coefficient (Wildman–Crippen LogP) is 4.53. The van der Waals surface area contributed by atoms with Crippen molar-refractivity contribution in [3.05, 3.63) is 41.6 Å². The highest BCUT2D eigenvalue weighted by Crippen LogP contribution is 2.28. The van der Waals surface area contributed by atoms with Gasteiger partial charge in [0.1, 0.15) is 0 Å². The zero-order chi connectivity index (χ0) is 12.1. The van der Waals surface area contributed by atoms with Crippen LogP contribution in [0.15, 0.2) is 36.0 Å². The summed E-state index contributed by atoms with van der Waals surface area (Å²) < 4.78 is 0. The van der Waals surface area contributed by atoms with E-state index in [1.807, 2.05) is 0 Å². The van der Waals surface area contributed by atoms with Crippen molar-refractivity contribution >= 4 is 5.69 Å². The van der Waals surface area contributed by atoms with Crippen LogP contribution in [-0.4, -0.2) is 6.54 Å². The van der Waals surface area contributed by atoms with Crippen molar-refractivity contribution in [2.75, 3.05) is 11.4 Å². The van der Waals surface area contributed by atoms with Crippen LogP contribution in [0.25, 0.3) is 0 Å². The number of allylic oxidation sites excluding steroid dienone is 1. The Morgan fingerprint density at radius 1 is 1.12 bits per heavy atom. The summed E-state index contributed by atoms with van der Waals surface area (Å²) in [4.78, 5) is 2.43. The molecule has 92 valence electrons. The van der Waals surface area contributed by atoms with Crippen LogP contribution < -0.4 is 4.90 Å². The molecule has 17 heavy (non-hydrogen) atoms. The molecule has 0 aliphatic carbocycles. The Hall–Kier alpha value is -1.24. The van der Waals surface area contributed by atoms with Crippen molar-refractivity contribution < 1.29 is 0 Å². The SMILES string of the molecule is CCCCCCN1C=C(C)Cc2ccccc21. The first-order valence-electron chi connectivity index (χ1n) is 6.83. The third-order valence-electron chi connectivity index (χ3n) is 3.40. The molecule has 1 aliphatic rings. The average molecular weight is 229 g/mol. The van der Waals surface area contributed by atoms with Crippen LogP contribution in [0.5, 0.6) is 0 Å². The smallest absolute Gasteiger partial charge is 0.0441 e. The summed E-state index contributed by atoms with van der Waals surface area (Å²) in [5, 5.41) is 0. The molecule has 0 fully saturated rings. The molecule has 1 nitrogen and oxygen atoms in total. The van der Waals surface area contributed by atoms with Gasteiger partial charge in [0.2, 0.25) is 0 Å². The standard InChI is InChI=1S/C16H23N/c1-3-4-5-8-11-17-13-14(2)12-15-9-6-7-10-16(15)17/h6-7,9-10,13H,3-5,8,11-12H2,1-2H3. The summed E-state index contributed by atoms with van der Waals surface area (Å²) in [6, 6.07) is 8.79. The molecule has 0 N–H and O–H groups in total. The minimum Gasteiger partial charge on any atom is -0.348 e. The van der Waals surface area contributed by atoms with Crippen LogP contribution in [0.3, 0.4) is 0 Å². The summed E-state index contributed by atoms with van der Waals surface area (Å²) in [6.07, 6.45) is 8.76. The maximum absolute atomic E-state index is 2.43. The molecule has 0 bridgehead atoms. The average Bonchev–Trinajstić information content (AvgIpc) is 2.34. The van der Waals surface area contributed by atoms with E-state index >= 15 is 0 Å². The Balaban J connectivity index is 2.02. The Kier molecular flexibility index (Phi) is 4.24. The number of hydrogen-bond donors (Lipinski definition) is 0. The normalized spacial score (nSPS) is 14.5. The summed E-state index contributed by atoms with van der Waals surface area (Å²) in [7, 11) is 0. The van der Waals surface area contributed by atoms with Gasteiger partial charge in [-0.25, -0.2) is 0 Å². The van der Waals surface area contributed by atoms with Gasteiger partial charge < -0.3 is 4.90 Å². The Morgan fingerprint density at radius 3 is 2.76 bits per heavy atom. The van der Waals surface area contributed by atoms with Crippen LogP contribution in [0.4, 0.5) is 5.69 Å². The van der Waals surface area contributed by atoms with Crippen molar-refractivity contribution in [1.82, 2.24) is 0 Å². The fraction of sp³-hybridized carbons (Fsp3) is 0.500. The van der Waals surface area contributed by atoms with Crippen molar-refractivity contribution in [2.24, 2.45) is 0 Å². The number of para-hydroxylation sites is 1. The quantitative estimate of drug-likeness (QED) is 0.670. The molecule has 0 aromatic heterocycles. The van der Waals surface area contributed by atoms with E-state index < -0.39 is 0 Å². The van der Waals surface area contributed by atoms with Crippen LogP contribution >= 0.6 is 0 Å². The van der Waals surface area contributed by atoms with Gasteiger partial charge >= 0.3 is 0 Å². The lowest BCUT2D eigenvalue weighted by Crippen LogP contribution is -2.22. The number of hydrogen-bond acceptors (Lipinski definition) is 1. The van der Waals surface area contributed by atoms with Crippen LogP contribution in [-0.2, 0) is 6.42 Å². The third-order valence-corrected chi connectivity index (χ3v) is 3.40. The predicted molar refractivity (Wildman–Crippen MR) is 75.4 cm³/mol.